The number of nitrogens with two attached hydrogens (primary N) is 1. The topological polar surface area (TPSA) is 73.9 Å². The molecule has 0 amide bonds. The Morgan fingerprint density at radius 2 is 2.44 bits per heavy atom. The molecule has 0 aliphatic carbocycles. The number of nitrogens with one attached hydrogen (secondary N) is 1. The van der Waals surface area contributed by atoms with E-state index in [1.807, 2.05) is 0 Å². The largest absolute Gasteiger partial charge is 0.409 e. The Morgan fingerprint density at radius 3 is 3.06 bits per heavy atom. The molecule has 1 rings (SSSR count). The summed E-state index contributed by atoms with van der Waals surface area (Å²) in [5.41, 5.74) is 5.46. The minimum absolute atomic E-state index is 0.267. The van der Waals surface area contributed by atoms with Crippen LogP contribution in [0.25, 0.3) is 0 Å². The van der Waals surface area contributed by atoms with Crippen LogP contribution < -0.4 is 11.1 Å². The van der Waals surface area contributed by atoms with Gasteiger partial charge in [0.25, 0.3) is 0 Å². The van der Waals surface area contributed by atoms with E-state index in [2.05, 4.69) is 29.3 Å². The van der Waals surface area contributed by atoms with Crippen LogP contribution >= 0.6 is 0 Å². The first-order chi connectivity index (χ1) is 7.61. The lowest BCUT2D eigenvalue weighted by Crippen LogP contribution is -2.40. The van der Waals surface area contributed by atoms with Crippen LogP contribution in [0.2, 0.25) is 0 Å². The van der Waals surface area contributed by atoms with Gasteiger partial charge in [-0.1, -0.05) is 5.16 Å². The average molecular weight is 228 g/mol. The zero-order chi connectivity index (χ0) is 12.0. The number of nitrogens with zero attached hydrogens (tertiary/aromatic N) is 2. The molecule has 0 aromatic carbocycles. The minimum atomic E-state index is 0.267. The van der Waals surface area contributed by atoms with Crippen molar-refractivity contribution in [3.8, 4) is 0 Å². The number of hydrogen-bond donors (Lipinski definition) is 3. The van der Waals surface area contributed by atoms with Gasteiger partial charge in [0, 0.05) is 19.0 Å². The van der Waals surface area contributed by atoms with Crippen molar-refractivity contribution in [3.63, 3.8) is 0 Å². The Kier molecular flexibility index (Phi) is 5.55. The quantitative estimate of drug-likeness (QED) is 0.276. The van der Waals surface area contributed by atoms with Crippen LogP contribution in [0.5, 0.6) is 0 Å². The second kappa shape index (κ2) is 6.70. The van der Waals surface area contributed by atoms with Crippen molar-refractivity contribution >= 4 is 5.84 Å². The Labute approximate surface area is 97.7 Å². The predicted octanol–water partition coefficient (Wildman–Crippen LogP) is 0.443. The van der Waals surface area contributed by atoms with E-state index in [0.717, 1.165) is 12.5 Å². The van der Waals surface area contributed by atoms with Crippen LogP contribution in [0.1, 0.15) is 26.2 Å². The van der Waals surface area contributed by atoms with Crippen LogP contribution in [-0.2, 0) is 0 Å². The Bertz CT molecular complexity index is 232. The molecule has 1 heterocycles. The highest BCUT2D eigenvalue weighted by Crippen LogP contribution is 2.14. The molecule has 0 bridgehead atoms. The van der Waals surface area contributed by atoms with Crippen molar-refractivity contribution in [2.24, 2.45) is 16.8 Å². The number of oxime groups is 1. The van der Waals surface area contributed by atoms with Gasteiger partial charge in [0.2, 0.25) is 0 Å². The maximum absolute atomic E-state index is 8.46. The number of rotatable bonds is 5. The molecule has 2 unspecified atom stereocenters. The van der Waals surface area contributed by atoms with Gasteiger partial charge in [-0.2, -0.15) is 0 Å². The Hall–Kier alpha value is -0.810. The Morgan fingerprint density at radius 1 is 1.69 bits per heavy atom. The molecular weight excluding hydrogens is 204 g/mol. The third kappa shape index (κ3) is 4.81. The molecule has 94 valence electrons. The first-order valence-electron chi connectivity index (χ1n) is 6.00. The summed E-state index contributed by atoms with van der Waals surface area (Å²) in [6.45, 7) is 5.47. The van der Waals surface area contributed by atoms with Crippen LogP contribution in [0.15, 0.2) is 5.16 Å². The summed E-state index contributed by atoms with van der Waals surface area (Å²) >= 11 is 0. The molecule has 0 aromatic rings. The van der Waals surface area contributed by atoms with E-state index in [1.54, 1.807) is 0 Å². The molecule has 1 aliphatic heterocycles. The summed E-state index contributed by atoms with van der Waals surface area (Å²) in [5.74, 6) is 1.02. The summed E-state index contributed by atoms with van der Waals surface area (Å²) in [7, 11) is 2.17. The van der Waals surface area contributed by atoms with Gasteiger partial charge in [0.05, 0.1) is 0 Å². The standard InChI is InChI=1S/C11H24N4O/c1-9(6-11(12)14-16)13-7-10-4-3-5-15(2)8-10/h9-10,13,16H,3-8H2,1-2H3,(H2,12,14). The lowest BCUT2D eigenvalue weighted by Gasteiger charge is -2.30. The number of amidine groups is 1. The van der Waals surface area contributed by atoms with E-state index in [0.29, 0.717) is 12.3 Å². The third-order valence-electron chi connectivity index (χ3n) is 3.12. The number of hydrogen-bond acceptors (Lipinski definition) is 4. The molecule has 1 fully saturated rings. The fourth-order valence-electron chi connectivity index (χ4n) is 2.23. The van der Waals surface area contributed by atoms with Crippen molar-refractivity contribution < 1.29 is 5.21 Å². The van der Waals surface area contributed by atoms with Crippen LogP contribution in [0, 0.1) is 5.92 Å². The van der Waals surface area contributed by atoms with E-state index in [4.69, 9.17) is 10.9 Å². The molecule has 0 radical (unpaired) electrons. The normalized spacial score (nSPS) is 25.6. The van der Waals surface area contributed by atoms with Gasteiger partial charge in [0.1, 0.15) is 5.84 Å². The zero-order valence-electron chi connectivity index (χ0n) is 10.3. The van der Waals surface area contributed by atoms with Crippen molar-refractivity contribution in [2.45, 2.75) is 32.2 Å². The van der Waals surface area contributed by atoms with Crippen molar-refractivity contribution in [3.05, 3.63) is 0 Å². The van der Waals surface area contributed by atoms with Gasteiger partial charge in [0.15, 0.2) is 0 Å². The van der Waals surface area contributed by atoms with Crippen molar-refractivity contribution in [2.75, 3.05) is 26.7 Å². The molecule has 1 aliphatic rings. The predicted molar refractivity (Wildman–Crippen MR) is 65.7 cm³/mol. The van der Waals surface area contributed by atoms with Gasteiger partial charge in [-0.25, -0.2) is 0 Å². The molecule has 0 aromatic heterocycles. The molecule has 16 heavy (non-hydrogen) atoms. The third-order valence-corrected chi connectivity index (χ3v) is 3.12. The SMILES string of the molecule is CC(CC(N)=NO)NCC1CCCN(C)C1. The van der Waals surface area contributed by atoms with Gasteiger partial charge in [-0.3, -0.25) is 0 Å². The molecule has 0 spiro atoms. The highest BCUT2D eigenvalue weighted by atomic mass is 16.4. The molecule has 2 atom stereocenters. The second-order valence-corrected chi connectivity index (χ2v) is 4.88. The van der Waals surface area contributed by atoms with E-state index >= 15 is 0 Å². The highest BCUT2D eigenvalue weighted by molar-refractivity contribution is 5.80. The lowest BCUT2D eigenvalue weighted by atomic mass is 9.98. The summed E-state index contributed by atoms with van der Waals surface area (Å²) in [6, 6.07) is 0.267. The Balaban J connectivity index is 2.18. The molecule has 5 heteroatoms. The lowest BCUT2D eigenvalue weighted by molar-refractivity contribution is 0.203. The maximum atomic E-state index is 8.46. The van der Waals surface area contributed by atoms with Crippen molar-refractivity contribution in [1.29, 1.82) is 0 Å². The monoisotopic (exact) mass is 228 g/mol. The summed E-state index contributed by atoms with van der Waals surface area (Å²) in [4.78, 5) is 2.38. The van der Waals surface area contributed by atoms with E-state index in [1.165, 1.54) is 25.9 Å². The molecule has 1 saturated heterocycles. The number of likely N-dealkylation sites (tertiary alicyclic amines) is 1. The first kappa shape index (κ1) is 13.3. The second-order valence-electron chi connectivity index (χ2n) is 4.88. The smallest absolute Gasteiger partial charge is 0.140 e. The van der Waals surface area contributed by atoms with Crippen molar-refractivity contribution in [1.82, 2.24) is 10.2 Å². The molecular formula is C11H24N4O. The molecule has 5 nitrogen and oxygen atoms in total. The molecule has 0 saturated carbocycles. The first-order valence-corrected chi connectivity index (χ1v) is 6.00. The van der Waals surface area contributed by atoms with Crippen LogP contribution in [-0.4, -0.2) is 48.7 Å². The summed E-state index contributed by atoms with van der Waals surface area (Å²) in [6.07, 6.45) is 3.18. The van der Waals surface area contributed by atoms with Crippen LogP contribution in [0.4, 0.5) is 0 Å². The number of piperidine rings is 1. The summed E-state index contributed by atoms with van der Waals surface area (Å²) in [5, 5.41) is 14.9. The van der Waals surface area contributed by atoms with Gasteiger partial charge in [-0.05, 0) is 45.8 Å². The minimum Gasteiger partial charge on any atom is -0.409 e. The fraction of sp³-hybridized carbons (Fsp3) is 0.909. The molecule has 4 N–H and O–H groups in total. The van der Waals surface area contributed by atoms with Gasteiger partial charge >= 0.3 is 0 Å². The summed E-state index contributed by atoms with van der Waals surface area (Å²) < 4.78 is 0. The average Bonchev–Trinajstić information content (AvgIpc) is 2.26. The van der Waals surface area contributed by atoms with Gasteiger partial charge in [-0.15, -0.1) is 0 Å². The maximum Gasteiger partial charge on any atom is 0.140 e. The van der Waals surface area contributed by atoms with E-state index < -0.39 is 0 Å². The van der Waals surface area contributed by atoms with E-state index in [-0.39, 0.29) is 6.04 Å². The fourth-order valence-corrected chi connectivity index (χ4v) is 2.23. The zero-order valence-corrected chi connectivity index (χ0v) is 10.3. The highest BCUT2D eigenvalue weighted by Gasteiger charge is 2.17. The van der Waals surface area contributed by atoms with Crippen LogP contribution in [0.3, 0.4) is 0 Å². The van der Waals surface area contributed by atoms with Gasteiger partial charge < -0.3 is 21.2 Å². The van der Waals surface area contributed by atoms with E-state index in [9.17, 15) is 0 Å².